The molecule has 1 fully saturated rings. The van der Waals surface area contributed by atoms with Gasteiger partial charge in [-0.25, -0.2) is 0 Å². The van der Waals surface area contributed by atoms with Gasteiger partial charge in [0.05, 0.1) is 12.7 Å². The molecule has 100 valence electrons. The van der Waals surface area contributed by atoms with Gasteiger partial charge < -0.3 is 15.2 Å². The first-order chi connectivity index (χ1) is 8.48. The number of hydrogen-bond donors (Lipinski definition) is 1. The summed E-state index contributed by atoms with van der Waals surface area (Å²) < 4.78 is 47.2. The van der Waals surface area contributed by atoms with Crippen LogP contribution in [-0.4, -0.2) is 24.8 Å². The van der Waals surface area contributed by atoms with Gasteiger partial charge in [0.1, 0.15) is 0 Å². The minimum Gasteiger partial charge on any atom is -0.346 e. The number of nitrogens with two attached hydrogens (primary N) is 1. The number of alkyl halides is 3. The SMILES string of the molecule is NCC1COC(c2ccc(SC(F)(F)F)cc2)O1. The standard InChI is InChI=1S/C11H12F3NO2S/c12-11(13,14)18-9-3-1-7(2-4-9)10-16-6-8(5-15)17-10/h1-4,8,10H,5-6,15H2. The largest absolute Gasteiger partial charge is 0.446 e. The van der Waals surface area contributed by atoms with Gasteiger partial charge in [-0.3, -0.25) is 0 Å². The molecule has 0 amide bonds. The van der Waals surface area contributed by atoms with Crippen LogP contribution in [0.4, 0.5) is 13.2 Å². The lowest BCUT2D eigenvalue weighted by atomic mass is 10.2. The molecule has 0 aliphatic carbocycles. The van der Waals surface area contributed by atoms with Gasteiger partial charge in [0.25, 0.3) is 0 Å². The van der Waals surface area contributed by atoms with E-state index in [0.29, 0.717) is 18.7 Å². The van der Waals surface area contributed by atoms with Gasteiger partial charge >= 0.3 is 5.51 Å². The molecule has 2 unspecified atom stereocenters. The first-order valence-electron chi connectivity index (χ1n) is 5.31. The van der Waals surface area contributed by atoms with Crippen molar-refractivity contribution in [1.82, 2.24) is 0 Å². The van der Waals surface area contributed by atoms with E-state index in [1.54, 1.807) is 12.1 Å². The molecular formula is C11H12F3NO2S. The van der Waals surface area contributed by atoms with Gasteiger partial charge in [-0.1, -0.05) is 12.1 Å². The van der Waals surface area contributed by atoms with Crippen LogP contribution in [0.25, 0.3) is 0 Å². The van der Waals surface area contributed by atoms with Crippen molar-refractivity contribution in [3.05, 3.63) is 29.8 Å². The average molecular weight is 279 g/mol. The van der Waals surface area contributed by atoms with E-state index in [9.17, 15) is 13.2 Å². The maximum atomic E-state index is 12.1. The fourth-order valence-corrected chi connectivity index (χ4v) is 2.11. The third-order valence-electron chi connectivity index (χ3n) is 2.40. The molecule has 1 aromatic rings. The number of rotatable bonds is 3. The van der Waals surface area contributed by atoms with Crippen LogP contribution in [-0.2, 0) is 9.47 Å². The Labute approximate surface area is 106 Å². The van der Waals surface area contributed by atoms with Crippen molar-refractivity contribution in [1.29, 1.82) is 0 Å². The summed E-state index contributed by atoms with van der Waals surface area (Å²) in [6.07, 6.45) is -0.692. The van der Waals surface area contributed by atoms with Crippen LogP contribution in [0.1, 0.15) is 11.9 Å². The monoisotopic (exact) mass is 279 g/mol. The molecule has 1 aliphatic heterocycles. The normalized spacial score (nSPS) is 24.4. The van der Waals surface area contributed by atoms with E-state index in [0.717, 1.165) is 0 Å². The highest BCUT2D eigenvalue weighted by molar-refractivity contribution is 8.00. The van der Waals surface area contributed by atoms with Gasteiger partial charge in [0, 0.05) is 17.0 Å². The van der Waals surface area contributed by atoms with Crippen molar-refractivity contribution >= 4 is 11.8 Å². The minimum absolute atomic E-state index is 0.139. The fraction of sp³-hybridized carbons (Fsp3) is 0.455. The van der Waals surface area contributed by atoms with E-state index in [2.05, 4.69) is 0 Å². The quantitative estimate of drug-likeness (QED) is 0.864. The second-order valence-electron chi connectivity index (χ2n) is 3.78. The van der Waals surface area contributed by atoms with Crippen LogP contribution in [0.3, 0.4) is 0 Å². The Morgan fingerprint density at radius 1 is 1.28 bits per heavy atom. The van der Waals surface area contributed by atoms with Crippen molar-refractivity contribution in [2.45, 2.75) is 22.8 Å². The Hall–Kier alpha value is -0.760. The molecule has 1 aliphatic rings. The highest BCUT2D eigenvalue weighted by Crippen LogP contribution is 2.37. The lowest BCUT2D eigenvalue weighted by molar-refractivity contribution is -0.0585. The van der Waals surface area contributed by atoms with Crippen molar-refractivity contribution < 1.29 is 22.6 Å². The van der Waals surface area contributed by atoms with Gasteiger partial charge in [-0.15, -0.1) is 0 Å². The Kier molecular flexibility index (Phi) is 4.16. The Morgan fingerprint density at radius 2 is 1.94 bits per heavy atom. The van der Waals surface area contributed by atoms with Crippen LogP contribution in [0, 0.1) is 0 Å². The second-order valence-corrected chi connectivity index (χ2v) is 4.91. The lowest BCUT2D eigenvalue weighted by Gasteiger charge is -2.11. The summed E-state index contributed by atoms with van der Waals surface area (Å²) in [4.78, 5) is 0.139. The maximum absolute atomic E-state index is 12.1. The number of hydrogen-bond acceptors (Lipinski definition) is 4. The topological polar surface area (TPSA) is 44.5 Å². The molecule has 0 saturated carbocycles. The predicted octanol–water partition coefficient (Wildman–Crippen LogP) is 2.67. The summed E-state index contributed by atoms with van der Waals surface area (Å²) in [5, 5.41) is 0. The minimum atomic E-state index is -4.27. The fourth-order valence-electron chi connectivity index (χ4n) is 1.57. The number of thioether (sulfide) groups is 1. The van der Waals surface area contributed by atoms with Gasteiger partial charge in [0.15, 0.2) is 6.29 Å². The molecule has 3 nitrogen and oxygen atoms in total. The first-order valence-corrected chi connectivity index (χ1v) is 6.12. The van der Waals surface area contributed by atoms with Gasteiger partial charge in [-0.05, 0) is 23.9 Å². The Morgan fingerprint density at radius 3 is 2.44 bits per heavy atom. The molecule has 7 heteroatoms. The average Bonchev–Trinajstić information content (AvgIpc) is 2.76. The van der Waals surface area contributed by atoms with E-state index in [1.807, 2.05) is 0 Å². The first kappa shape index (κ1) is 13.7. The second kappa shape index (κ2) is 5.48. The molecular weight excluding hydrogens is 267 g/mol. The third-order valence-corrected chi connectivity index (χ3v) is 3.14. The van der Waals surface area contributed by atoms with Crippen LogP contribution in [0.2, 0.25) is 0 Å². The van der Waals surface area contributed by atoms with Crippen molar-refractivity contribution in [2.24, 2.45) is 5.73 Å². The zero-order valence-corrected chi connectivity index (χ0v) is 10.1. The number of ether oxygens (including phenoxy) is 2. The lowest BCUT2D eigenvalue weighted by Crippen LogP contribution is -2.21. The molecule has 2 rings (SSSR count). The highest BCUT2D eigenvalue weighted by Gasteiger charge is 2.30. The van der Waals surface area contributed by atoms with Gasteiger partial charge in [-0.2, -0.15) is 13.2 Å². The van der Waals surface area contributed by atoms with Gasteiger partial charge in [0.2, 0.25) is 0 Å². The van der Waals surface area contributed by atoms with E-state index in [1.165, 1.54) is 12.1 Å². The summed E-state index contributed by atoms with van der Waals surface area (Å²) in [6, 6.07) is 5.93. The summed E-state index contributed by atoms with van der Waals surface area (Å²) in [7, 11) is 0. The number of halogens is 3. The molecule has 18 heavy (non-hydrogen) atoms. The molecule has 0 bridgehead atoms. The molecule has 1 aromatic carbocycles. The maximum Gasteiger partial charge on any atom is 0.446 e. The molecule has 1 heterocycles. The number of benzene rings is 1. The third kappa shape index (κ3) is 3.61. The summed E-state index contributed by atoms with van der Waals surface area (Å²) in [5.74, 6) is 0. The molecule has 0 spiro atoms. The van der Waals surface area contributed by atoms with Crippen molar-refractivity contribution in [2.75, 3.05) is 13.2 Å². The Bertz CT molecular complexity index is 396. The van der Waals surface area contributed by atoms with E-state index < -0.39 is 11.8 Å². The summed E-state index contributed by atoms with van der Waals surface area (Å²) >= 11 is -0.145. The van der Waals surface area contributed by atoms with Crippen LogP contribution in [0.15, 0.2) is 29.2 Å². The van der Waals surface area contributed by atoms with E-state index >= 15 is 0 Å². The van der Waals surface area contributed by atoms with Crippen LogP contribution < -0.4 is 5.73 Å². The molecule has 1 saturated heterocycles. The molecule has 2 N–H and O–H groups in total. The Balaban J connectivity index is 2.00. The highest BCUT2D eigenvalue weighted by atomic mass is 32.2. The molecule has 2 atom stereocenters. The van der Waals surface area contributed by atoms with Crippen molar-refractivity contribution in [3.63, 3.8) is 0 Å². The van der Waals surface area contributed by atoms with Crippen molar-refractivity contribution in [3.8, 4) is 0 Å². The summed E-state index contributed by atoms with van der Waals surface area (Å²) in [5.41, 5.74) is 1.86. The molecule has 0 radical (unpaired) electrons. The smallest absolute Gasteiger partial charge is 0.346 e. The van der Waals surface area contributed by atoms with E-state index in [-0.39, 0.29) is 22.8 Å². The molecule has 0 aromatic heterocycles. The summed E-state index contributed by atoms with van der Waals surface area (Å²) in [6.45, 7) is 0.763. The predicted molar refractivity (Wildman–Crippen MR) is 61.0 cm³/mol. The zero-order valence-electron chi connectivity index (χ0n) is 9.31. The van der Waals surface area contributed by atoms with Crippen LogP contribution >= 0.6 is 11.8 Å². The van der Waals surface area contributed by atoms with E-state index in [4.69, 9.17) is 15.2 Å². The zero-order chi connectivity index (χ0) is 13.2. The van der Waals surface area contributed by atoms with Crippen LogP contribution in [0.5, 0.6) is 0 Å².